The molecule has 2 aromatic rings. The molecule has 0 aliphatic carbocycles. The number of hydrogen-bond donors (Lipinski definition) is 1. The molecule has 0 saturated heterocycles. The van der Waals surface area contributed by atoms with E-state index in [9.17, 15) is 0 Å². The van der Waals surface area contributed by atoms with Gasteiger partial charge in [0.25, 0.3) is 0 Å². The van der Waals surface area contributed by atoms with Gasteiger partial charge in [-0.05, 0) is 6.92 Å². The smallest absolute Gasteiger partial charge is 0.140 e. The topological polar surface area (TPSA) is 60.6 Å². The lowest BCUT2D eigenvalue weighted by Gasteiger charge is -2.05. The lowest BCUT2D eigenvalue weighted by Crippen LogP contribution is -2.21. The van der Waals surface area contributed by atoms with Crippen LogP contribution < -0.4 is 5.32 Å². The van der Waals surface area contributed by atoms with Crippen molar-refractivity contribution in [2.45, 2.75) is 26.6 Å². The SMILES string of the molecule is CCn1ncnc1CNCCn1ccnc1. The van der Waals surface area contributed by atoms with E-state index in [2.05, 4.69) is 27.3 Å². The second-order valence-electron chi connectivity index (χ2n) is 3.47. The highest BCUT2D eigenvalue weighted by molar-refractivity contribution is 4.83. The predicted molar refractivity (Wildman–Crippen MR) is 59.6 cm³/mol. The van der Waals surface area contributed by atoms with Gasteiger partial charge in [-0.25, -0.2) is 14.6 Å². The van der Waals surface area contributed by atoms with E-state index in [4.69, 9.17) is 0 Å². The summed E-state index contributed by atoms with van der Waals surface area (Å²) in [4.78, 5) is 8.18. The van der Waals surface area contributed by atoms with Crippen LogP contribution in [0, 0.1) is 0 Å². The Morgan fingerprint density at radius 1 is 1.44 bits per heavy atom. The number of nitrogens with one attached hydrogen (secondary N) is 1. The lowest BCUT2D eigenvalue weighted by molar-refractivity contribution is 0.547. The first-order valence-corrected chi connectivity index (χ1v) is 5.43. The zero-order valence-electron chi connectivity index (χ0n) is 9.37. The highest BCUT2D eigenvalue weighted by atomic mass is 15.3. The Kier molecular flexibility index (Phi) is 3.66. The number of aromatic nitrogens is 5. The summed E-state index contributed by atoms with van der Waals surface area (Å²) in [6.07, 6.45) is 7.15. The third-order valence-electron chi connectivity index (χ3n) is 2.38. The molecule has 0 aliphatic rings. The largest absolute Gasteiger partial charge is 0.336 e. The zero-order valence-corrected chi connectivity index (χ0v) is 9.37. The Balaban J connectivity index is 1.72. The highest BCUT2D eigenvalue weighted by Crippen LogP contribution is 1.92. The molecule has 2 heterocycles. The summed E-state index contributed by atoms with van der Waals surface area (Å²) >= 11 is 0. The molecule has 0 atom stereocenters. The van der Waals surface area contributed by atoms with Crippen LogP contribution in [0.5, 0.6) is 0 Å². The van der Waals surface area contributed by atoms with Crippen molar-refractivity contribution in [3.05, 3.63) is 30.9 Å². The van der Waals surface area contributed by atoms with Crippen LogP contribution >= 0.6 is 0 Å². The summed E-state index contributed by atoms with van der Waals surface area (Å²) in [7, 11) is 0. The standard InChI is InChI=1S/C10H16N6/c1-2-16-10(13-8-14-16)7-11-3-5-15-6-4-12-9-15/h4,6,8-9,11H,2-3,5,7H2,1H3. The van der Waals surface area contributed by atoms with Crippen molar-refractivity contribution in [1.29, 1.82) is 0 Å². The molecule has 0 amide bonds. The maximum atomic E-state index is 4.19. The maximum Gasteiger partial charge on any atom is 0.140 e. The number of hydrogen-bond acceptors (Lipinski definition) is 4. The number of rotatable bonds is 6. The minimum Gasteiger partial charge on any atom is -0.336 e. The van der Waals surface area contributed by atoms with Crippen molar-refractivity contribution >= 4 is 0 Å². The van der Waals surface area contributed by atoms with Crippen LogP contribution in [0.15, 0.2) is 25.0 Å². The Labute approximate surface area is 94.3 Å². The molecule has 0 unspecified atom stereocenters. The van der Waals surface area contributed by atoms with E-state index in [0.29, 0.717) is 0 Å². The number of nitrogens with zero attached hydrogens (tertiary/aromatic N) is 5. The van der Waals surface area contributed by atoms with Gasteiger partial charge in [0.2, 0.25) is 0 Å². The molecule has 0 saturated carbocycles. The van der Waals surface area contributed by atoms with Crippen molar-refractivity contribution < 1.29 is 0 Å². The Morgan fingerprint density at radius 2 is 2.38 bits per heavy atom. The van der Waals surface area contributed by atoms with Gasteiger partial charge < -0.3 is 9.88 Å². The van der Waals surface area contributed by atoms with Gasteiger partial charge in [0.1, 0.15) is 12.2 Å². The minimum absolute atomic E-state index is 0.753. The van der Waals surface area contributed by atoms with E-state index in [1.54, 1.807) is 12.5 Å². The van der Waals surface area contributed by atoms with Gasteiger partial charge in [0, 0.05) is 32.0 Å². The van der Waals surface area contributed by atoms with E-state index < -0.39 is 0 Å². The van der Waals surface area contributed by atoms with Crippen molar-refractivity contribution in [1.82, 2.24) is 29.6 Å². The molecule has 0 fully saturated rings. The molecule has 0 spiro atoms. The predicted octanol–water partition coefficient (Wildman–Crippen LogP) is 0.284. The number of aryl methyl sites for hydroxylation is 1. The Morgan fingerprint density at radius 3 is 3.12 bits per heavy atom. The molecule has 0 aliphatic heterocycles. The summed E-state index contributed by atoms with van der Waals surface area (Å²) in [6.45, 7) is 5.48. The van der Waals surface area contributed by atoms with E-state index in [-0.39, 0.29) is 0 Å². The minimum atomic E-state index is 0.753. The third-order valence-corrected chi connectivity index (χ3v) is 2.38. The fourth-order valence-corrected chi connectivity index (χ4v) is 1.52. The van der Waals surface area contributed by atoms with Gasteiger partial charge in [-0.2, -0.15) is 5.10 Å². The van der Waals surface area contributed by atoms with Crippen molar-refractivity contribution in [3.8, 4) is 0 Å². The van der Waals surface area contributed by atoms with Gasteiger partial charge in [0.15, 0.2) is 0 Å². The van der Waals surface area contributed by atoms with Gasteiger partial charge in [0.05, 0.1) is 12.9 Å². The molecule has 16 heavy (non-hydrogen) atoms. The molecule has 2 rings (SSSR count). The number of imidazole rings is 1. The Hall–Kier alpha value is -1.69. The van der Waals surface area contributed by atoms with Crippen LogP contribution in [0.25, 0.3) is 0 Å². The maximum absolute atomic E-state index is 4.19. The summed E-state index contributed by atoms with van der Waals surface area (Å²) in [5.41, 5.74) is 0. The molecule has 0 bridgehead atoms. The monoisotopic (exact) mass is 220 g/mol. The van der Waals surface area contributed by atoms with Crippen LogP contribution in [0.2, 0.25) is 0 Å². The molecule has 0 radical (unpaired) electrons. The fourth-order valence-electron chi connectivity index (χ4n) is 1.52. The van der Waals surface area contributed by atoms with Crippen LogP contribution in [0.1, 0.15) is 12.7 Å². The summed E-state index contributed by atoms with van der Waals surface area (Å²) < 4.78 is 3.93. The van der Waals surface area contributed by atoms with Gasteiger partial charge in [-0.1, -0.05) is 0 Å². The quantitative estimate of drug-likeness (QED) is 0.711. The second kappa shape index (κ2) is 5.41. The highest BCUT2D eigenvalue weighted by Gasteiger charge is 2.00. The van der Waals surface area contributed by atoms with Crippen LogP contribution in [0.4, 0.5) is 0 Å². The second-order valence-corrected chi connectivity index (χ2v) is 3.47. The average Bonchev–Trinajstić information content (AvgIpc) is 2.95. The third kappa shape index (κ3) is 2.66. The van der Waals surface area contributed by atoms with E-state index in [1.165, 1.54) is 0 Å². The first-order valence-electron chi connectivity index (χ1n) is 5.43. The molecule has 86 valence electrons. The lowest BCUT2D eigenvalue weighted by atomic mass is 10.5. The summed E-state index contributed by atoms with van der Waals surface area (Å²) in [6, 6.07) is 0. The molecular weight excluding hydrogens is 204 g/mol. The zero-order chi connectivity index (χ0) is 11.2. The first kappa shape index (κ1) is 10.8. The van der Waals surface area contributed by atoms with Crippen molar-refractivity contribution in [2.24, 2.45) is 0 Å². The van der Waals surface area contributed by atoms with Crippen LogP contribution in [-0.4, -0.2) is 30.9 Å². The van der Waals surface area contributed by atoms with Crippen molar-refractivity contribution in [3.63, 3.8) is 0 Å². The first-order chi connectivity index (χ1) is 7.90. The summed E-state index contributed by atoms with van der Waals surface area (Å²) in [5.74, 6) is 0.980. The fraction of sp³-hybridized carbons (Fsp3) is 0.500. The van der Waals surface area contributed by atoms with Crippen LogP contribution in [-0.2, 0) is 19.6 Å². The molecule has 1 N–H and O–H groups in total. The van der Waals surface area contributed by atoms with Gasteiger partial charge in [-0.15, -0.1) is 0 Å². The molecule has 6 heteroatoms. The van der Waals surface area contributed by atoms with Gasteiger partial charge >= 0.3 is 0 Å². The van der Waals surface area contributed by atoms with Gasteiger partial charge in [-0.3, -0.25) is 0 Å². The van der Waals surface area contributed by atoms with Crippen molar-refractivity contribution in [2.75, 3.05) is 6.54 Å². The van der Waals surface area contributed by atoms with E-state index in [1.807, 2.05) is 21.8 Å². The van der Waals surface area contributed by atoms with Crippen LogP contribution in [0.3, 0.4) is 0 Å². The average molecular weight is 220 g/mol. The normalized spacial score (nSPS) is 10.8. The van der Waals surface area contributed by atoms with E-state index in [0.717, 1.165) is 32.0 Å². The molecular formula is C10H16N6. The molecule has 0 aromatic carbocycles. The Bertz CT molecular complexity index is 405. The summed E-state index contributed by atoms with van der Waals surface area (Å²) in [5, 5.41) is 7.44. The molecule has 2 aromatic heterocycles. The molecule has 6 nitrogen and oxygen atoms in total. The van der Waals surface area contributed by atoms with E-state index >= 15 is 0 Å².